The van der Waals surface area contributed by atoms with Crippen molar-refractivity contribution in [1.82, 2.24) is 9.80 Å². The van der Waals surface area contributed by atoms with Gasteiger partial charge in [-0.3, -0.25) is 9.59 Å². The Bertz CT molecular complexity index is 516. The number of rotatable bonds is 5. The van der Waals surface area contributed by atoms with Gasteiger partial charge in [0.1, 0.15) is 5.37 Å². The summed E-state index contributed by atoms with van der Waals surface area (Å²) < 4.78 is 0. The van der Waals surface area contributed by atoms with Crippen LogP contribution in [-0.4, -0.2) is 47.5 Å². The van der Waals surface area contributed by atoms with Crippen molar-refractivity contribution >= 4 is 23.6 Å². The lowest BCUT2D eigenvalue weighted by Crippen LogP contribution is -2.38. The normalized spacial score (nSPS) is 18.1. The molecule has 0 saturated carbocycles. The molecule has 1 aromatic rings. The number of carbonyl (C=O) groups excluding carboxylic acids is 2. The van der Waals surface area contributed by atoms with Crippen LogP contribution in [0.15, 0.2) is 24.3 Å². The summed E-state index contributed by atoms with van der Waals surface area (Å²) in [4.78, 5) is 27.3. The predicted octanol–water partition coefficient (Wildman–Crippen LogP) is 2.44. The molecule has 1 aliphatic rings. The number of hydrogen-bond acceptors (Lipinski definition) is 3. The molecular formula is C16H22N2O2S. The number of hydrogen-bond donors (Lipinski definition) is 0. The van der Waals surface area contributed by atoms with Crippen molar-refractivity contribution in [2.75, 3.05) is 25.9 Å². The topological polar surface area (TPSA) is 40.6 Å². The Morgan fingerprint density at radius 1 is 1.38 bits per heavy atom. The van der Waals surface area contributed by atoms with E-state index in [4.69, 9.17) is 0 Å². The van der Waals surface area contributed by atoms with Crippen LogP contribution in [0, 0.1) is 6.92 Å². The van der Waals surface area contributed by atoms with Gasteiger partial charge in [-0.1, -0.05) is 36.8 Å². The summed E-state index contributed by atoms with van der Waals surface area (Å²) in [5, 5.41) is 0.0724. The van der Waals surface area contributed by atoms with E-state index in [0.717, 1.165) is 5.56 Å². The van der Waals surface area contributed by atoms with Gasteiger partial charge in [0.15, 0.2) is 0 Å². The molecule has 1 atom stereocenters. The van der Waals surface area contributed by atoms with Crippen molar-refractivity contribution in [3.63, 3.8) is 0 Å². The van der Waals surface area contributed by atoms with Crippen molar-refractivity contribution in [3.8, 4) is 0 Å². The maximum absolute atomic E-state index is 12.1. The molecule has 1 aromatic carbocycles. The number of amides is 2. The van der Waals surface area contributed by atoms with Crippen LogP contribution in [0.1, 0.15) is 29.8 Å². The van der Waals surface area contributed by atoms with Crippen LogP contribution in [0.5, 0.6) is 0 Å². The van der Waals surface area contributed by atoms with E-state index in [1.165, 1.54) is 5.56 Å². The third kappa shape index (κ3) is 3.79. The second kappa shape index (κ2) is 6.98. The minimum Gasteiger partial charge on any atom is -0.344 e. The molecule has 0 aromatic heterocycles. The number of nitrogens with zero attached hydrogens (tertiary/aromatic N) is 2. The first-order chi connectivity index (χ1) is 10.0. The summed E-state index contributed by atoms with van der Waals surface area (Å²) in [7, 11) is 1.79. The summed E-state index contributed by atoms with van der Waals surface area (Å²) in [6.45, 7) is 5.08. The summed E-state index contributed by atoms with van der Waals surface area (Å²) >= 11 is 1.66. The Hall–Kier alpha value is -1.49. The van der Waals surface area contributed by atoms with Gasteiger partial charge < -0.3 is 9.80 Å². The number of benzene rings is 1. The second-order valence-electron chi connectivity index (χ2n) is 5.33. The highest BCUT2D eigenvalue weighted by Gasteiger charge is 2.32. The van der Waals surface area contributed by atoms with Crippen molar-refractivity contribution in [1.29, 1.82) is 0 Å². The Labute approximate surface area is 130 Å². The maximum atomic E-state index is 12.1. The van der Waals surface area contributed by atoms with Crippen LogP contribution in [0.25, 0.3) is 0 Å². The van der Waals surface area contributed by atoms with E-state index in [1.807, 2.05) is 11.8 Å². The van der Waals surface area contributed by atoms with Crippen molar-refractivity contribution in [2.45, 2.75) is 25.6 Å². The van der Waals surface area contributed by atoms with E-state index < -0.39 is 0 Å². The Morgan fingerprint density at radius 3 is 2.67 bits per heavy atom. The Morgan fingerprint density at radius 2 is 2.05 bits per heavy atom. The third-order valence-corrected chi connectivity index (χ3v) is 4.99. The van der Waals surface area contributed by atoms with Crippen molar-refractivity contribution < 1.29 is 9.59 Å². The third-order valence-electron chi connectivity index (χ3n) is 3.74. The van der Waals surface area contributed by atoms with Crippen LogP contribution < -0.4 is 0 Å². The van der Waals surface area contributed by atoms with Gasteiger partial charge in [-0.05, 0) is 12.5 Å². The fourth-order valence-electron chi connectivity index (χ4n) is 2.36. The molecule has 1 unspecified atom stereocenters. The highest BCUT2D eigenvalue weighted by molar-refractivity contribution is 8.00. The average Bonchev–Trinajstić information content (AvgIpc) is 2.85. The predicted molar refractivity (Wildman–Crippen MR) is 86.0 cm³/mol. The van der Waals surface area contributed by atoms with Crippen LogP contribution in [0.4, 0.5) is 0 Å². The standard InChI is InChI=1S/C16H22N2O2S/c1-4-14(19)17(3)9-10-18-15(20)11-21-16(18)13-7-5-12(2)6-8-13/h5-8,16H,4,9-11H2,1-3H3. The van der Waals surface area contributed by atoms with E-state index >= 15 is 0 Å². The van der Waals surface area contributed by atoms with E-state index in [1.54, 1.807) is 23.7 Å². The molecule has 5 heteroatoms. The molecule has 0 aliphatic carbocycles. The smallest absolute Gasteiger partial charge is 0.233 e. The summed E-state index contributed by atoms with van der Waals surface area (Å²) in [6.07, 6.45) is 0.501. The minimum atomic E-state index is 0.0724. The number of aryl methyl sites for hydroxylation is 1. The molecule has 2 rings (SSSR count). The summed E-state index contributed by atoms with van der Waals surface area (Å²) in [5.74, 6) is 0.786. The molecule has 0 bridgehead atoms. The zero-order valence-corrected chi connectivity index (χ0v) is 13.7. The minimum absolute atomic E-state index is 0.0724. The lowest BCUT2D eigenvalue weighted by molar-refractivity contribution is -0.132. The SMILES string of the molecule is CCC(=O)N(C)CCN1C(=O)CSC1c1ccc(C)cc1. The zero-order chi connectivity index (χ0) is 15.4. The lowest BCUT2D eigenvalue weighted by Gasteiger charge is -2.27. The van der Waals surface area contributed by atoms with Crippen LogP contribution >= 0.6 is 11.8 Å². The van der Waals surface area contributed by atoms with Gasteiger partial charge >= 0.3 is 0 Å². The van der Waals surface area contributed by atoms with Gasteiger partial charge in [0.2, 0.25) is 11.8 Å². The van der Waals surface area contributed by atoms with Gasteiger partial charge in [0.25, 0.3) is 0 Å². The van der Waals surface area contributed by atoms with Gasteiger partial charge in [0.05, 0.1) is 5.75 Å². The van der Waals surface area contributed by atoms with Gasteiger partial charge in [-0.15, -0.1) is 11.8 Å². The van der Waals surface area contributed by atoms with Crippen molar-refractivity contribution in [2.24, 2.45) is 0 Å². The molecular weight excluding hydrogens is 284 g/mol. The number of carbonyl (C=O) groups is 2. The second-order valence-corrected chi connectivity index (χ2v) is 6.40. The molecule has 2 amide bonds. The maximum Gasteiger partial charge on any atom is 0.233 e. The lowest BCUT2D eigenvalue weighted by atomic mass is 10.1. The molecule has 1 aliphatic heterocycles. The molecule has 114 valence electrons. The van der Waals surface area contributed by atoms with Crippen molar-refractivity contribution in [3.05, 3.63) is 35.4 Å². The molecule has 1 saturated heterocycles. The highest BCUT2D eigenvalue weighted by Crippen LogP contribution is 2.38. The molecule has 21 heavy (non-hydrogen) atoms. The summed E-state index contributed by atoms with van der Waals surface area (Å²) in [6, 6.07) is 8.31. The first kappa shape index (κ1) is 15.9. The molecule has 1 fully saturated rings. The molecule has 0 N–H and O–H groups in total. The summed E-state index contributed by atoms with van der Waals surface area (Å²) in [5.41, 5.74) is 2.37. The van der Waals surface area contributed by atoms with E-state index in [0.29, 0.717) is 25.3 Å². The average molecular weight is 306 g/mol. The largest absolute Gasteiger partial charge is 0.344 e. The quantitative estimate of drug-likeness (QED) is 0.839. The van der Waals surface area contributed by atoms with Crippen LogP contribution in [-0.2, 0) is 9.59 Å². The molecule has 0 spiro atoms. The van der Waals surface area contributed by atoms with Gasteiger partial charge in [-0.25, -0.2) is 0 Å². The monoisotopic (exact) mass is 306 g/mol. The van der Waals surface area contributed by atoms with Gasteiger partial charge in [-0.2, -0.15) is 0 Å². The van der Waals surface area contributed by atoms with Crippen LogP contribution in [0.2, 0.25) is 0 Å². The number of thioether (sulfide) groups is 1. The van der Waals surface area contributed by atoms with Crippen LogP contribution in [0.3, 0.4) is 0 Å². The zero-order valence-electron chi connectivity index (χ0n) is 12.8. The van der Waals surface area contributed by atoms with E-state index in [9.17, 15) is 9.59 Å². The first-order valence-electron chi connectivity index (χ1n) is 7.24. The molecule has 4 nitrogen and oxygen atoms in total. The Kier molecular flexibility index (Phi) is 5.28. The highest BCUT2D eigenvalue weighted by atomic mass is 32.2. The fraction of sp³-hybridized carbons (Fsp3) is 0.500. The number of likely N-dealkylation sites (N-methyl/N-ethyl adjacent to an activating group) is 1. The van der Waals surface area contributed by atoms with E-state index in [-0.39, 0.29) is 17.2 Å². The molecule has 1 heterocycles. The first-order valence-corrected chi connectivity index (χ1v) is 8.29. The van der Waals surface area contributed by atoms with Gasteiger partial charge in [0, 0.05) is 26.6 Å². The molecule has 0 radical (unpaired) electrons. The Balaban J connectivity index is 2.03. The van der Waals surface area contributed by atoms with E-state index in [2.05, 4.69) is 31.2 Å². The fourth-order valence-corrected chi connectivity index (χ4v) is 3.57.